The maximum absolute atomic E-state index is 12.5. The molecule has 2 aromatic carbocycles. The van der Waals surface area contributed by atoms with Crippen LogP contribution in [-0.2, 0) is 39.1 Å². The fraction of sp³-hybridized carbons (Fsp3) is 0.435. The number of nitrogens with zero attached hydrogens (tertiary/aromatic N) is 1. The van der Waals surface area contributed by atoms with Crippen LogP contribution in [0, 0.1) is 0 Å². The summed E-state index contributed by atoms with van der Waals surface area (Å²) in [4.78, 5) is 12.5. The fourth-order valence-corrected chi connectivity index (χ4v) is 4.62. The Morgan fingerprint density at radius 3 is 2.20 bits per heavy atom. The zero-order valence-electron chi connectivity index (χ0n) is 18.1. The van der Waals surface area contributed by atoms with Crippen molar-refractivity contribution in [1.82, 2.24) is 9.62 Å². The molecule has 0 bridgehead atoms. The number of carbonyl (C=O) groups is 1. The first kappa shape index (κ1) is 24.1. The lowest BCUT2D eigenvalue weighted by Gasteiger charge is -2.18. The number of sulfonamides is 1. The van der Waals surface area contributed by atoms with E-state index in [9.17, 15) is 13.2 Å². The summed E-state index contributed by atoms with van der Waals surface area (Å²) in [5.74, 6) is -0.0407. The van der Waals surface area contributed by atoms with Gasteiger partial charge in [-0.15, -0.1) is 0 Å². The molecule has 0 aliphatic heterocycles. The van der Waals surface area contributed by atoms with Crippen LogP contribution in [0.5, 0.6) is 0 Å². The van der Waals surface area contributed by atoms with Crippen molar-refractivity contribution in [2.75, 3.05) is 19.7 Å². The van der Waals surface area contributed by atoms with Crippen LogP contribution in [0.3, 0.4) is 0 Å². The van der Waals surface area contributed by atoms with Crippen molar-refractivity contribution >= 4 is 15.9 Å². The van der Waals surface area contributed by atoms with Gasteiger partial charge in [-0.25, -0.2) is 8.42 Å². The number of nitrogens with one attached hydrogen (secondary N) is 1. The lowest BCUT2D eigenvalue weighted by atomic mass is 10.1. The van der Waals surface area contributed by atoms with Gasteiger partial charge < -0.3 is 10.1 Å². The fourth-order valence-electron chi connectivity index (χ4n) is 3.16. The van der Waals surface area contributed by atoms with Crippen LogP contribution in [0.4, 0.5) is 0 Å². The van der Waals surface area contributed by atoms with Crippen molar-refractivity contribution in [1.29, 1.82) is 0 Å². The minimum absolute atomic E-state index is 0.0407. The summed E-state index contributed by atoms with van der Waals surface area (Å²) >= 11 is 0. The highest BCUT2D eigenvalue weighted by atomic mass is 32.2. The van der Waals surface area contributed by atoms with Gasteiger partial charge >= 0.3 is 0 Å². The Bertz CT molecular complexity index is 907. The normalized spacial score (nSPS) is 11.6. The molecular formula is C23H32N2O4S. The third kappa shape index (κ3) is 6.65. The van der Waals surface area contributed by atoms with Crippen molar-refractivity contribution < 1.29 is 17.9 Å². The molecule has 2 rings (SSSR count). The van der Waals surface area contributed by atoms with E-state index in [2.05, 4.69) is 5.32 Å². The Kier molecular flexibility index (Phi) is 9.49. The second kappa shape index (κ2) is 11.8. The topological polar surface area (TPSA) is 75.7 Å². The van der Waals surface area contributed by atoms with Gasteiger partial charge in [-0.3, -0.25) is 4.79 Å². The van der Waals surface area contributed by atoms with E-state index in [4.69, 9.17) is 4.74 Å². The quantitative estimate of drug-likeness (QED) is 0.557. The standard InChI is InChI=1S/C23H32N2O4S/c1-4-25(5-2)30(27,28)22-14-11-19(12-15-22)13-16-23(26)24-17-20-9-7-8-10-21(20)18-29-6-3/h7-12,14-15H,4-6,13,16-18H2,1-3H3,(H,24,26). The van der Waals surface area contributed by atoms with E-state index in [1.807, 2.05) is 45.0 Å². The summed E-state index contributed by atoms with van der Waals surface area (Å²) in [5.41, 5.74) is 3.05. The Morgan fingerprint density at radius 1 is 0.967 bits per heavy atom. The molecule has 0 aromatic heterocycles. The number of hydrogen-bond acceptors (Lipinski definition) is 4. The molecule has 0 spiro atoms. The monoisotopic (exact) mass is 432 g/mol. The average Bonchev–Trinajstić information content (AvgIpc) is 2.76. The summed E-state index contributed by atoms with van der Waals surface area (Å²) < 4.78 is 32.0. The number of carbonyl (C=O) groups excluding carboxylic acids is 1. The minimum atomic E-state index is -3.46. The summed E-state index contributed by atoms with van der Waals surface area (Å²) in [6.07, 6.45) is 0.897. The van der Waals surface area contributed by atoms with Gasteiger partial charge in [0.2, 0.25) is 15.9 Å². The number of ether oxygens (including phenoxy) is 1. The van der Waals surface area contributed by atoms with Gasteiger partial charge in [0.05, 0.1) is 11.5 Å². The van der Waals surface area contributed by atoms with Gasteiger partial charge in [0.25, 0.3) is 0 Å². The highest BCUT2D eigenvalue weighted by Crippen LogP contribution is 2.17. The van der Waals surface area contributed by atoms with Gasteiger partial charge in [-0.1, -0.05) is 50.2 Å². The lowest BCUT2D eigenvalue weighted by molar-refractivity contribution is -0.121. The second-order valence-corrected chi connectivity index (χ2v) is 8.85. The van der Waals surface area contributed by atoms with E-state index < -0.39 is 10.0 Å². The van der Waals surface area contributed by atoms with Gasteiger partial charge in [0, 0.05) is 32.7 Å². The molecule has 6 nitrogen and oxygen atoms in total. The number of rotatable bonds is 12. The largest absolute Gasteiger partial charge is 0.377 e. The van der Waals surface area contributed by atoms with Crippen LogP contribution in [0.15, 0.2) is 53.4 Å². The molecular weight excluding hydrogens is 400 g/mol. The van der Waals surface area contributed by atoms with Crippen LogP contribution in [-0.4, -0.2) is 38.3 Å². The van der Waals surface area contributed by atoms with Crippen molar-refractivity contribution in [2.45, 2.75) is 51.7 Å². The Morgan fingerprint density at radius 2 is 1.60 bits per heavy atom. The smallest absolute Gasteiger partial charge is 0.243 e. The molecule has 30 heavy (non-hydrogen) atoms. The SMILES string of the molecule is CCOCc1ccccc1CNC(=O)CCc1ccc(S(=O)(=O)N(CC)CC)cc1. The number of aryl methyl sites for hydroxylation is 1. The first-order valence-electron chi connectivity index (χ1n) is 10.4. The van der Waals surface area contributed by atoms with Crippen molar-refractivity contribution in [3.8, 4) is 0 Å². The maximum Gasteiger partial charge on any atom is 0.243 e. The molecule has 1 N–H and O–H groups in total. The number of hydrogen-bond donors (Lipinski definition) is 1. The predicted molar refractivity (Wildman–Crippen MR) is 118 cm³/mol. The van der Waals surface area contributed by atoms with E-state index in [1.54, 1.807) is 24.3 Å². The van der Waals surface area contributed by atoms with Crippen LogP contribution in [0.25, 0.3) is 0 Å². The Labute approximate surface area is 180 Å². The van der Waals surface area contributed by atoms with E-state index in [1.165, 1.54) is 4.31 Å². The predicted octanol–water partition coefficient (Wildman–Crippen LogP) is 3.50. The van der Waals surface area contributed by atoms with Crippen molar-refractivity contribution in [3.63, 3.8) is 0 Å². The zero-order valence-corrected chi connectivity index (χ0v) is 18.9. The summed E-state index contributed by atoms with van der Waals surface area (Å²) in [5, 5.41) is 2.95. The van der Waals surface area contributed by atoms with E-state index in [-0.39, 0.29) is 10.8 Å². The van der Waals surface area contributed by atoms with E-state index in [0.717, 1.165) is 16.7 Å². The van der Waals surface area contributed by atoms with Crippen molar-refractivity contribution in [3.05, 3.63) is 65.2 Å². The first-order valence-corrected chi connectivity index (χ1v) is 11.9. The highest BCUT2D eigenvalue weighted by Gasteiger charge is 2.21. The minimum Gasteiger partial charge on any atom is -0.377 e. The molecule has 7 heteroatoms. The molecule has 0 saturated carbocycles. The van der Waals surface area contributed by atoms with Crippen LogP contribution >= 0.6 is 0 Å². The van der Waals surface area contributed by atoms with Gasteiger partial charge in [0.1, 0.15) is 0 Å². The molecule has 164 valence electrons. The Hall–Kier alpha value is -2.22. The molecule has 1 amide bonds. The molecule has 0 saturated heterocycles. The third-order valence-corrected chi connectivity index (χ3v) is 7.03. The van der Waals surface area contributed by atoms with Crippen LogP contribution in [0.2, 0.25) is 0 Å². The molecule has 0 aliphatic rings. The first-order chi connectivity index (χ1) is 14.4. The van der Waals surface area contributed by atoms with Gasteiger partial charge in [-0.05, 0) is 42.2 Å². The summed E-state index contributed by atoms with van der Waals surface area (Å²) in [6, 6.07) is 14.7. The molecule has 0 aliphatic carbocycles. The summed E-state index contributed by atoms with van der Waals surface area (Å²) in [7, 11) is -3.46. The molecule has 2 aromatic rings. The van der Waals surface area contributed by atoms with Crippen molar-refractivity contribution in [2.24, 2.45) is 0 Å². The molecule has 0 fully saturated rings. The Balaban J connectivity index is 1.88. The maximum atomic E-state index is 12.5. The van der Waals surface area contributed by atoms with Crippen LogP contribution in [0.1, 0.15) is 43.9 Å². The lowest BCUT2D eigenvalue weighted by Crippen LogP contribution is -2.30. The summed E-state index contributed by atoms with van der Waals surface area (Å²) in [6.45, 7) is 8.12. The average molecular weight is 433 g/mol. The number of amides is 1. The van der Waals surface area contributed by atoms with E-state index >= 15 is 0 Å². The van der Waals surface area contributed by atoms with Gasteiger partial charge in [-0.2, -0.15) is 4.31 Å². The van der Waals surface area contributed by atoms with Gasteiger partial charge in [0.15, 0.2) is 0 Å². The molecule has 0 radical (unpaired) electrons. The molecule has 0 heterocycles. The van der Waals surface area contributed by atoms with Crippen LogP contribution < -0.4 is 5.32 Å². The van der Waals surface area contributed by atoms with E-state index in [0.29, 0.717) is 45.7 Å². The molecule has 0 unspecified atom stereocenters. The molecule has 0 atom stereocenters. The number of benzene rings is 2. The highest BCUT2D eigenvalue weighted by molar-refractivity contribution is 7.89. The zero-order chi connectivity index (χ0) is 22.0. The third-order valence-electron chi connectivity index (χ3n) is 4.96. The second-order valence-electron chi connectivity index (χ2n) is 6.92.